The molecule has 4 heteroatoms. The molecule has 3 saturated carbocycles. The molecule has 3 N–H and O–H groups in total. The Balaban J connectivity index is 1.59. The van der Waals surface area contributed by atoms with Crippen molar-refractivity contribution in [2.45, 2.75) is 104 Å². The number of rotatable bonds is 4. The van der Waals surface area contributed by atoms with Gasteiger partial charge in [0.15, 0.2) is 5.79 Å². The predicted octanol–water partition coefficient (Wildman–Crippen LogP) is 4.61. The van der Waals surface area contributed by atoms with E-state index in [1.54, 1.807) is 13.8 Å². The number of hydrogen-bond acceptors (Lipinski definition) is 4. The molecule has 0 bridgehead atoms. The molecule has 4 aliphatic carbocycles. The number of ketones is 1. The fourth-order valence-electron chi connectivity index (χ4n) is 8.50. The molecular weight excluding hydrogens is 376 g/mol. The quantitative estimate of drug-likeness (QED) is 0.460. The van der Waals surface area contributed by atoms with E-state index in [0.717, 1.165) is 19.3 Å². The van der Waals surface area contributed by atoms with Crippen LogP contribution in [0.3, 0.4) is 0 Å². The van der Waals surface area contributed by atoms with Gasteiger partial charge in [-0.15, -0.1) is 0 Å². The minimum atomic E-state index is -2.04. The zero-order valence-electron chi connectivity index (χ0n) is 19.6. The van der Waals surface area contributed by atoms with E-state index >= 15 is 0 Å². The summed E-state index contributed by atoms with van der Waals surface area (Å²) < 4.78 is 0. The Morgan fingerprint density at radius 1 is 1.13 bits per heavy atom. The lowest BCUT2D eigenvalue weighted by Crippen LogP contribution is -2.62. The van der Waals surface area contributed by atoms with E-state index < -0.39 is 11.4 Å². The van der Waals surface area contributed by atoms with Crippen LogP contribution in [0.25, 0.3) is 0 Å². The highest BCUT2D eigenvalue weighted by Gasteiger charge is 2.63. The summed E-state index contributed by atoms with van der Waals surface area (Å²) in [4.78, 5) is 11.5. The molecule has 0 saturated heterocycles. The topological polar surface area (TPSA) is 77.8 Å². The van der Waals surface area contributed by atoms with Crippen molar-refractivity contribution in [3.8, 4) is 0 Å². The van der Waals surface area contributed by atoms with Gasteiger partial charge in [0, 0.05) is 19.3 Å². The van der Waals surface area contributed by atoms with Crippen LogP contribution in [0.2, 0.25) is 0 Å². The number of allylic oxidation sites excluding steroid dienone is 1. The Morgan fingerprint density at radius 3 is 2.50 bits per heavy atom. The molecule has 0 spiro atoms. The third-order valence-electron chi connectivity index (χ3n) is 10.3. The van der Waals surface area contributed by atoms with Gasteiger partial charge in [-0.2, -0.15) is 0 Å². The van der Waals surface area contributed by atoms with E-state index in [9.17, 15) is 20.1 Å². The second-order valence-corrected chi connectivity index (χ2v) is 12.1. The van der Waals surface area contributed by atoms with Crippen LogP contribution < -0.4 is 0 Å². The van der Waals surface area contributed by atoms with Crippen molar-refractivity contribution in [2.24, 2.45) is 40.4 Å². The van der Waals surface area contributed by atoms with Gasteiger partial charge in [-0.1, -0.05) is 32.4 Å². The van der Waals surface area contributed by atoms with E-state index in [-0.39, 0.29) is 11.8 Å². The fraction of sp³-hybridized carbons (Fsp3) is 0.885. The Labute approximate surface area is 182 Å². The Bertz CT molecular complexity index is 737. The predicted molar refractivity (Wildman–Crippen MR) is 117 cm³/mol. The van der Waals surface area contributed by atoms with Gasteiger partial charge in [0.25, 0.3) is 0 Å². The van der Waals surface area contributed by atoms with Crippen LogP contribution in [0.5, 0.6) is 0 Å². The highest BCUT2D eigenvalue weighted by molar-refractivity contribution is 5.75. The molecular formula is C26H42O4. The normalized spacial score (nSPS) is 48.2. The molecule has 0 aliphatic heterocycles. The molecule has 4 nitrogen and oxygen atoms in total. The highest BCUT2D eigenvalue weighted by Crippen LogP contribution is 2.68. The number of hydrogen-bond donors (Lipinski definition) is 3. The summed E-state index contributed by atoms with van der Waals surface area (Å²) in [6, 6.07) is 0. The molecule has 6 unspecified atom stereocenters. The average molecular weight is 419 g/mol. The lowest BCUT2D eigenvalue weighted by molar-refractivity contribution is -0.299. The van der Waals surface area contributed by atoms with E-state index in [2.05, 4.69) is 26.8 Å². The summed E-state index contributed by atoms with van der Waals surface area (Å²) in [6.07, 6.45) is 10.5. The van der Waals surface area contributed by atoms with Gasteiger partial charge in [-0.05, 0) is 92.8 Å². The third kappa shape index (κ3) is 3.24. The first-order valence-corrected chi connectivity index (χ1v) is 12.2. The fourth-order valence-corrected chi connectivity index (χ4v) is 8.50. The molecule has 0 heterocycles. The minimum absolute atomic E-state index is 0.224. The standard InChI is InChI=1S/C26H42O4/c1-16(6-7-17(2)27)20-10-11-21-19-9-8-18-14-25(5,28)26(29,30)15-24(18,4)22(19)12-13-23(20,21)3/h8,16,19-22,28-30H,6-7,9-15H2,1-5H3/t16-,19?,20?,21?,22?,23?,24?,25-/m1/s1. The molecule has 0 aromatic heterocycles. The van der Waals surface area contributed by atoms with Crippen LogP contribution in [-0.4, -0.2) is 32.5 Å². The number of carbonyl (C=O) groups is 1. The molecule has 4 rings (SSSR count). The van der Waals surface area contributed by atoms with Crippen LogP contribution >= 0.6 is 0 Å². The van der Waals surface area contributed by atoms with Crippen molar-refractivity contribution in [2.75, 3.05) is 0 Å². The van der Waals surface area contributed by atoms with Crippen molar-refractivity contribution < 1.29 is 20.1 Å². The Morgan fingerprint density at radius 2 is 1.83 bits per heavy atom. The van der Waals surface area contributed by atoms with Crippen LogP contribution in [-0.2, 0) is 4.79 Å². The SMILES string of the molecule is CC(=O)CC[C@@H](C)C1CCC2C3CC=C4C[C@@](C)(O)C(O)(O)CC4(C)C3CCC21C. The second-order valence-electron chi connectivity index (χ2n) is 12.1. The molecule has 8 atom stereocenters. The highest BCUT2D eigenvalue weighted by atomic mass is 16.5. The van der Waals surface area contributed by atoms with E-state index in [0.29, 0.717) is 53.6 Å². The third-order valence-corrected chi connectivity index (χ3v) is 10.3. The molecule has 0 aromatic carbocycles. The second kappa shape index (κ2) is 7.15. The summed E-state index contributed by atoms with van der Waals surface area (Å²) in [5.41, 5.74) is -0.164. The van der Waals surface area contributed by atoms with Crippen LogP contribution in [0.1, 0.15) is 92.4 Å². The van der Waals surface area contributed by atoms with Gasteiger partial charge in [-0.25, -0.2) is 0 Å². The lowest BCUT2D eigenvalue weighted by atomic mass is 9.45. The van der Waals surface area contributed by atoms with Crippen molar-refractivity contribution in [3.05, 3.63) is 11.6 Å². The first-order valence-electron chi connectivity index (χ1n) is 12.2. The van der Waals surface area contributed by atoms with Crippen LogP contribution in [0.15, 0.2) is 11.6 Å². The molecule has 3 fully saturated rings. The van der Waals surface area contributed by atoms with Crippen molar-refractivity contribution in [1.82, 2.24) is 0 Å². The minimum Gasteiger partial charge on any atom is -0.384 e. The van der Waals surface area contributed by atoms with Crippen molar-refractivity contribution in [3.63, 3.8) is 0 Å². The summed E-state index contributed by atoms with van der Waals surface area (Å²) in [5, 5.41) is 32.1. The lowest BCUT2D eigenvalue weighted by Gasteiger charge is -2.61. The Kier molecular flexibility index (Phi) is 5.36. The van der Waals surface area contributed by atoms with Gasteiger partial charge in [-0.3, -0.25) is 0 Å². The van der Waals surface area contributed by atoms with Crippen LogP contribution in [0.4, 0.5) is 0 Å². The molecule has 0 amide bonds. The summed E-state index contributed by atoms with van der Waals surface area (Å²) in [6.45, 7) is 10.3. The molecule has 0 radical (unpaired) electrons. The monoisotopic (exact) mass is 418 g/mol. The molecule has 170 valence electrons. The average Bonchev–Trinajstić information content (AvgIpc) is 2.98. The van der Waals surface area contributed by atoms with Gasteiger partial charge >= 0.3 is 0 Å². The van der Waals surface area contributed by atoms with Crippen molar-refractivity contribution in [1.29, 1.82) is 0 Å². The largest absolute Gasteiger partial charge is 0.384 e. The number of aliphatic hydroxyl groups is 3. The zero-order chi connectivity index (χ0) is 22.1. The smallest absolute Gasteiger partial charge is 0.193 e. The van der Waals surface area contributed by atoms with E-state index in [1.807, 2.05) is 0 Å². The van der Waals surface area contributed by atoms with Gasteiger partial charge < -0.3 is 20.1 Å². The van der Waals surface area contributed by atoms with E-state index in [1.165, 1.54) is 24.8 Å². The van der Waals surface area contributed by atoms with Crippen molar-refractivity contribution >= 4 is 5.78 Å². The first-order chi connectivity index (χ1) is 13.8. The van der Waals surface area contributed by atoms with E-state index in [4.69, 9.17) is 0 Å². The summed E-state index contributed by atoms with van der Waals surface area (Å²) >= 11 is 0. The number of carbonyl (C=O) groups excluding carboxylic acids is 1. The van der Waals surface area contributed by atoms with Gasteiger partial charge in [0.1, 0.15) is 11.4 Å². The maximum Gasteiger partial charge on any atom is 0.193 e. The maximum absolute atomic E-state index is 11.5. The maximum atomic E-state index is 11.5. The molecule has 30 heavy (non-hydrogen) atoms. The molecule has 0 aromatic rings. The summed E-state index contributed by atoms with van der Waals surface area (Å²) in [5.74, 6) is 1.23. The molecule has 4 aliphatic rings. The van der Waals surface area contributed by atoms with Gasteiger partial charge in [0.2, 0.25) is 0 Å². The Hall–Kier alpha value is -0.710. The summed E-state index contributed by atoms with van der Waals surface area (Å²) in [7, 11) is 0. The van der Waals surface area contributed by atoms with Crippen LogP contribution in [0, 0.1) is 40.4 Å². The van der Waals surface area contributed by atoms with Gasteiger partial charge in [0.05, 0.1) is 0 Å². The number of Topliss-reactive ketones (excluding diaryl/α,β-unsaturated/α-hetero) is 1. The zero-order valence-corrected chi connectivity index (χ0v) is 19.6. The number of fused-ring (bicyclic) bond motifs is 5. The first kappa shape index (κ1) is 22.5.